The first-order chi connectivity index (χ1) is 8.14. The summed E-state index contributed by atoms with van der Waals surface area (Å²) >= 11 is 0. The largest absolute Gasteiger partial charge is 0.391 e. The summed E-state index contributed by atoms with van der Waals surface area (Å²) in [5.74, 6) is 0. The van der Waals surface area contributed by atoms with Gasteiger partial charge in [-0.1, -0.05) is 30.3 Å². The zero-order valence-corrected chi connectivity index (χ0v) is 11.0. The summed E-state index contributed by atoms with van der Waals surface area (Å²) in [5, 5.41) is 12.4. The van der Waals surface area contributed by atoms with Crippen molar-refractivity contribution in [3.63, 3.8) is 0 Å². The number of hydrogen-bond acceptors (Lipinski definition) is 2. The van der Waals surface area contributed by atoms with Crippen molar-refractivity contribution in [1.82, 2.24) is 5.32 Å². The van der Waals surface area contributed by atoms with E-state index in [1.807, 2.05) is 6.07 Å². The van der Waals surface area contributed by atoms with E-state index in [9.17, 15) is 0 Å². The fourth-order valence-electron chi connectivity index (χ4n) is 1.84. The van der Waals surface area contributed by atoms with E-state index < -0.39 is 0 Å². The number of rotatable bonds is 8. The summed E-state index contributed by atoms with van der Waals surface area (Å²) < 4.78 is 0.892. The lowest BCUT2D eigenvalue weighted by molar-refractivity contribution is -0.890. The highest BCUT2D eigenvalue weighted by molar-refractivity contribution is 5.14. The highest BCUT2D eigenvalue weighted by atomic mass is 16.3. The standard InChI is InChI=1S/C14H25N2O/c1-16(2,11-12-17)10-6-9-15-13-14-7-4-3-5-8-14/h3-5,7-8,15,17H,6,9-13H2,1-2H3/q+1. The van der Waals surface area contributed by atoms with E-state index in [1.54, 1.807) is 0 Å². The second-order valence-corrected chi connectivity index (χ2v) is 5.12. The van der Waals surface area contributed by atoms with Gasteiger partial charge in [0.1, 0.15) is 6.54 Å². The van der Waals surface area contributed by atoms with Gasteiger partial charge in [-0.25, -0.2) is 0 Å². The number of hydrogen-bond donors (Lipinski definition) is 2. The molecule has 0 heterocycles. The number of benzene rings is 1. The van der Waals surface area contributed by atoms with Crippen molar-refractivity contribution in [2.45, 2.75) is 13.0 Å². The number of likely N-dealkylation sites (N-methyl/N-ethyl adjacent to an activating group) is 1. The number of quaternary nitrogens is 1. The molecule has 0 radical (unpaired) electrons. The zero-order valence-electron chi connectivity index (χ0n) is 11.0. The lowest BCUT2D eigenvalue weighted by Crippen LogP contribution is -2.43. The minimum atomic E-state index is 0.268. The molecule has 17 heavy (non-hydrogen) atoms. The van der Waals surface area contributed by atoms with E-state index in [-0.39, 0.29) is 6.61 Å². The molecule has 96 valence electrons. The molecule has 0 fully saturated rings. The molecule has 0 aliphatic rings. The topological polar surface area (TPSA) is 32.3 Å². The Morgan fingerprint density at radius 3 is 2.47 bits per heavy atom. The Bertz CT molecular complexity index is 298. The molecule has 0 amide bonds. The van der Waals surface area contributed by atoms with Gasteiger partial charge < -0.3 is 14.9 Å². The van der Waals surface area contributed by atoms with Gasteiger partial charge in [0.15, 0.2) is 0 Å². The molecule has 1 rings (SSSR count). The van der Waals surface area contributed by atoms with Crippen LogP contribution in [0.2, 0.25) is 0 Å². The van der Waals surface area contributed by atoms with Crippen LogP contribution in [0.3, 0.4) is 0 Å². The van der Waals surface area contributed by atoms with Gasteiger partial charge in [-0.15, -0.1) is 0 Å². The summed E-state index contributed by atoms with van der Waals surface area (Å²) in [4.78, 5) is 0. The number of nitrogens with one attached hydrogen (secondary N) is 1. The third-order valence-electron chi connectivity index (χ3n) is 2.99. The van der Waals surface area contributed by atoms with E-state index in [1.165, 1.54) is 5.56 Å². The van der Waals surface area contributed by atoms with Gasteiger partial charge in [0, 0.05) is 19.5 Å². The van der Waals surface area contributed by atoms with Crippen LogP contribution in [-0.4, -0.2) is 49.9 Å². The van der Waals surface area contributed by atoms with Crippen LogP contribution in [0.1, 0.15) is 12.0 Å². The van der Waals surface area contributed by atoms with Gasteiger partial charge in [-0.05, 0) is 5.56 Å². The summed E-state index contributed by atoms with van der Waals surface area (Å²) in [6, 6.07) is 10.5. The first kappa shape index (κ1) is 14.2. The first-order valence-electron chi connectivity index (χ1n) is 6.31. The first-order valence-corrected chi connectivity index (χ1v) is 6.31. The maximum absolute atomic E-state index is 8.92. The maximum Gasteiger partial charge on any atom is 0.102 e. The fourth-order valence-corrected chi connectivity index (χ4v) is 1.84. The van der Waals surface area contributed by atoms with Crippen molar-refractivity contribution >= 4 is 0 Å². The third kappa shape index (κ3) is 6.41. The van der Waals surface area contributed by atoms with E-state index >= 15 is 0 Å². The second-order valence-electron chi connectivity index (χ2n) is 5.12. The molecule has 0 spiro atoms. The van der Waals surface area contributed by atoms with Crippen LogP contribution in [0.5, 0.6) is 0 Å². The van der Waals surface area contributed by atoms with E-state index in [4.69, 9.17) is 5.11 Å². The van der Waals surface area contributed by atoms with Crippen molar-refractivity contribution in [3.8, 4) is 0 Å². The van der Waals surface area contributed by atoms with Crippen molar-refractivity contribution < 1.29 is 9.59 Å². The SMILES string of the molecule is C[N+](C)(CCO)CCCNCc1ccccc1. The predicted octanol–water partition coefficient (Wildman–Crippen LogP) is 1.23. The zero-order chi connectivity index (χ0) is 12.6. The van der Waals surface area contributed by atoms with Gasteiger partial charge in [0.25, 0.3) is 0 Å². The van der Waals surface area contributed by atoms with Crippen LogP contribution in [0.15, 0.2) is 30.3 Å². The molecular formula is C14H25N2O+. The average Bonchev–Trinajstić information content (AvgIpc) is 2.30. The summed E-state index contributed by atoms with van der Waals surface area (Å²) in [6.45, 7) is 4.17. The van der Waals surface area contributed by atoms with Gasteiger partial charge in [-0.2, -0.15) is 0 Å². The third-order valence-corrected chi connectivity index (χ3v) is 2.99. The summed E-state index contributed by atoms with van der Waals surface area (Å²) in [7, 11) is 4.32. The van der Waals surface area contributed by atoms with Crippen LogP contribution in [0.25, 0.3) is 0 Å². The summed E-state index contributed by atoms with van der Waals surface area (Å²) in [5.41, 5.74) is 1.33. The quantitative estimate of drug-likeness (QED) is 0.526. The molecule has 0 saturated heterocycles. The monoisotopic (exact) mass is 237 g/mol. The molecule has 3 nitrogen and oxygen atoms in total. The number of aliphatic hydroxyl groups excluding tert-OH is 1. The predicted molar refractivity (Wildman–Crippen MR) is 71.7 cm³/mol. The Labute approximate surface area is 105 Å². The number of aliphatic hydroxyl groups is 1. The van der Waals surface area contributed by atoms with Crippen LogP contribution >= 0.6 is 0 Å². The molecule has 2 N–H and O–H groups in total. The lowest BCUT2D eigenvalue weighted by Gasteiger charge is -2.28. The Morgan fingerprint density at radius 1 is 1.12 bits per heavy atom. The molecule has 3 heteroatoms. The van der Waals surface area contributed by atoms with Gasteiger partial charge in [-0.3, -0.25) is 0 Å². The molecule has 0 aliphatic carbocycles. The van der Waals surface area contributed by atoms with E-state index in [0.717, 1.165) is 37.1 Å². The molecular weight excluding hydrogens is 212 g/mol. The van der Waals surface area contributed by atoms with E-state index in [2.05, 4.69) is 43.7 Å². The van der Waals surface area contributed by atoms with Gasteiger partial charge in [0.2, 0.25) is 0 Å². The molecule has 0 aliphatic heterocycles. The molecule has 1 aromatic carbocycles. The minimum absolute atomic E-state index is 0.268. The Morgan fingerprint density at radius 2 is 1.82 bits per heavy atom. The molecule has 0 saturated carbocycles. The molecule has 0 atom stereocenters. The minimum Gasteiger partial charge on any atom is -0.391 e. The Kier molecular flexibility index (Phi) is 6.19. The fraction of sp³-hybridized carbons (Fsp3) is 0.571. The highest BCUT2D eigenvalue weighted by Crippen LogP contribution is 1.99. The van der Waals surface area contributed by atoms with Crippen LogP contribution < -0.4 is 5.32 Å². The normalized spacial score (nSPS) is 11.7. The van der Waals surface area contributed by atoms with E-state index in [0.29, 0.717) is 0 Å². The number of nitrogens with zero attached hydrogens (tertiary/aromatic N) is 1. The smallest absolute Gasteiger partial charge is 0.102 e. The average molecular weight is 237 g/mol. The summed E-state index contributed by atoms with van der Waals surface area (Å²) in [6.07, 6.45) is 1.14. The molecule has 0 bridgehead atoms. The molecule has 1 aromatic rings. The van der Waals surface area contributed by atoms with Gasteiger partial charge >= 0.3 is 0 Å². The van der Waals surface area contributed by atoms with Crippen molar-refractivity contribution in [1.29, 1.82) is 0 Å². The van der Waals surface area contributed by atoms with Crippen molar-refractivity contribution in [2.75, 3.05) is 40.3 Å². The molecule has 0 aromatic heterocycles. The second kappa shape index (κ2) is 7.43. The van der Waals surface area contributed by atoms with Gasteiger partial charge in [0.05, 0.1) is 27.2 Å². The van der Waals surface area contributed by atoms with Crippen LogP contribution in [0.4, 0.5) is 0 Å². The molecule has 0 unspecified atom stereocenters. The Hall–Kier alpha value is -0.900. The van der Waals surface area contributed by atoms with Crippen LogP contribution in [-0.2, 0) is 6.54 Å². The lowest BCUT2D eigenvalue weighted by atomic mass is 10.2. The van der Waals surface area contributed by atoms with Crippen molar-refractivity contribution in [3.05, 3.63) is 35.9 Å². The van der Waals surface area contributed by atoms with Crippen LogP contribution in [0, 0.1) is 0 Å². The maximum atomic E-state index is 8.92. The highest BCUT2D eigenvalue weighted by Gasteiger charge is 2.12. The van der Waals surface area contributed by atoms with Crippen molar-refractivity contribution in [2.24, 2.45) is 0 Å². The Balaban J connectivity index is 2.09.